The Balaban J connectivity index is 3.63. The van der Waals surface area contributed by atoms with Crippen molar-refractivity contribution in [3.8, 4) is 0 Å². The van der Waals surface area contributed by atoms with E-state index < -0.39 is 59.6 Å². The first-order chi connectivity index (χ1) is 12.9. The average Bonchev–Trinajstić information content (AvgIpc) is 2.59. The summed E-state index contributed by atoms with van der Waals surface area (Å²) in [6.45, 7) is 7.87. The van der Waals surface area contributed by atoms with Crippen LogP contribution >= 0.6 is 0 Å². The van der Waals surface area contributed by atoms with E-state index in [4.69, 9.17) is 18.9 Å². The molecule has 28 heavy (non-hydrogen) atoms. The van der Waals surface area contributed by atoms with Gasteiger partial charge in [-0.25, -0.2) is 9.18 Å². The van der Waals surface area contributed by atoms with E-state index in [0.717, 1.165) is 21.0 Å². The molecule has 0 spiro atoms. The smallest absolute Gasteiger partial charge is 0.383 e. The van der Waals surface area contributed by atoms with Gasteiger partial charge in [0, 0.05) is 26.7 Å². The summed E-state index contributed by atoms with van der Waals surface area (Å²) in [5, 5.41) is 0. The Morgan fingerprint density at radius 3 is 2.07 bits per heavy atom. The average molecular weight is 406 g/mol. The van der Waals surface area contributed by atoms with Gasteiger partial charge in [0.1, 0.15) is 17.8 Å². The van der Waals surface area contributed by atoms with E-state index in [0.29, 0.717) is 0 Å². The van der Waals surface area contributed by atoms with Crippen LogP contribution in [-0.4, -0.2) is 60.8 Å². The Hall–Kier alpha value is -2.23. The number of ether oxygens (including phenoxy) is 5. The predicted molar refractivity (Wildman–Crippen MR) is 91.5 cm³/mol. The van der Waals surface area contributed by atoms with Crippen molar-refractivity contribution in [2.24, 2.45) is 5.92 Å². The van der Waals surface area contributed by atoms with Gasteiger partial charge in [0.15, 0.2) is 0 Å². The third kappa shape index (κ3) is 4.43. The molecular weight excluding hydrogens is 379 g/mol. The number of hydrogen-bond acceptors (Lipinski definition) is 9. The van der Waals surface area contributed by atoms with Crippen molar-refractivity contribution in [2.75, 3.05) is 7.11 Å². The van der Waals surface area contributed by atoms with E-state index in [1.807, 2.05) is 0 Å². The SMILES string of the molecule is CC[C@@H](OC(C)=O)[C@@]1(C)O[C@@](OC(C)=O)(C(=O)OC)C(F)[C@@H](OC(C)=O)[C@H]1C. The maximum absolute atomic E-state index is 15.5. The van der Waals surface area contributed by atoms with Gasteiger partial charge in [-0.05, 0) is 13.3 Å². The number of carbonyl (C=O) groups is 4. The number of rotatable bonds is 6. The minimum Gasteiger partial charge on any atom is -0.464 e. The quantitative estimate of drug-likeness (QED) is 0.477. The fourth-order valence-electron chi connectivity index (χ4n) is 3.42. The number of esters is 4. The lowest BCUT2D eigenvalue weighted by Crippen LogP contribution is -2.72. The number of carbonyl (C=O) groups excluding carboxylic acids is 4. The van der Waals surface area contributed by atoms with Gasteiger partial charge in [-0.1, -0.05) is 13.8 Å². The Morgan fingerprint density at radius 1 is 1.11 bits per heavy atom. The van der Waals surface area contributed by atoms with Crippen LogP contribution in [0.25, 0.3) is 0 Å². The summed E-state index contributed by atoms with van der Waals surface area (Å²) in [5.41, 5.74) is -1.56. The molecule has 0 aromatic carbocycles. The largest absolute Gasteiger partial charge is 0.464 e. The second-order valence-electron chi connectivity index (χ2n) is 6.81. The van der Waals surface area contributed by atoms with Crippen LogP contribution in [0.4, 0.5) is 4.39 Å². The van der Waals surface area contributed by atoms with Gasteiger partial charge in [-0.2, -0.15) is 0 Å². The van der Waals surface area contributed by atoms with Crippen LogP contribution in [0.1, 0.15) is 48.0 Å². The van der Waals surface area contributed by atoms with Crippen LogP contribution in [-0.2, 0) is 42.9 Å². The van der Waals surface area contributed by atoms with Crippen LogP contribution in [0.3, 0.4) is 0 Å². The molecule has 1 unspecified atom stereocenters. The summed E-state index contributed by atoms with van der Waals surface area (Å²) in [7, 11) is 0.962. The Morgan fingerprint density at radius 2 is 1.68 bits per heavy atom. The summed E-state index contributed by atoms with van der Waals surface area (Å²) in [4.78, 5) is 47.2. The molecule has 10 heteroatoms. The highest BCUT2D eigenvalue weighted by Gasteiger charge is 2.69. The molecule has 0 radical (unpaired) electrons. The maximum Gasteiger partial charge on any atom is 0.383 e. The van der Waals surface area contributed by atoms with E-state index in [-0.39, 0.29) is 6.42 Å². The molecule has 0 aliphatic carbocycles. The lowest BCUT2D eigenvalue weighted by Gasteiger charge is -2.53. The van der Waals surface area contributed by atoms with Crippen molar-refractivity contribution in [3.63, 3.8) is 0 Å². The minimum absolute atomic E-state index is 0.224. The molecule has 9 nitrogen and oxygen atoms in total. The van der Waals surface area contributed by atoms with Crippen LogP contribution < -0.4 is 0 Å². The van der Waals surface area contributed by atoms with Crippen molar-refractivity contribution >= 4 is 23.9 Å². The van der Waals surface area contributed by atoms with Crippen molar-refractivity contribution in [1.29, 1.82) is 0 Å². The van der Waals surface area contributed by atoms with Gasteiger partial charge in [0.05, 0.1) is 7.11 Å². The molecule has 1 heterocycles. The minimum atomic E-state index is -2.84. The second kappa shape index (κ2) is 8.85. The van der Waals surface area contributed by atoms with Gasteiger partial charge in [0.25, 0.3) is 0 Å². The molecule has 160 valence electrons. The first-order valence-corrected chi connectivity index (χ1v) is 8.82. The third-order valence-corrected chi connectivity index (χ3v) is 4.81. The molecule has 0 aromatic rings. The highest BCUT2D eigenvalue weighted by Crippen LogP contribution is 2.47. The summed E-state index contributed by atoms with van der Waals surface area (Å²) >= 11 is 0. The van der Waals surface area contributed by atoms with E-state index in [9.17, 15) is 19.2 Å². The molecule has 0 amide bonds. The van der Waals surface area contributed by atoms with Crippen molar-refractivity contribution < 1.29 is 47.3 Å². The Kier molecular flexibility index (Phi) is 7.52. The van der Waals surface area contributed by atoms with Gasteiger partial charge < -0.3 is 23.7 Å². The maximum atomic E-state index is 15.5. The van der Waals surface area contributed by atoms with Crippen LogP contribution in [0.5, 0.6) is 0 Å². The molecule has 1 aliphatic rings. The molecule has 0 bridgehead atoms. The summed E-state index contributed by atoms with van der Waals surface area (Å²) in [5.74, 6) is -7.52. The number of alkyl halides is 1. The topological polar surface area (TPSA) is 114 Å². The molecule has 1 aliphatic heterocycles. The van der Waals surface area contributed by atoms with Gasteiger partial charge in [0.2, 0.25) is 6.17 Å². The van der Waals surface area contributed by atoms with Gasteiger partial charge in [-0.3, -0.25) is 14.4 Å². The Bertz CT molecular complexity index is 637. The highest BCUT2D eigenvalue weighted by atomic mass is 19.1. The summed E-state index contributed by atoms with van der Waals surface area (Å²) in [6, 6.07) is 0. The molecule has 1 fully saturated rings. The first-order valence-electron chi connectivity index (χ1n) is 8.82. The van der Waals surface area contributed by atoms with Crippen LogP contribution in [0.15, 0.2) is 0 Å². The predicted octanol–water partition coefficient (Wildman–Crippen LogP) is 1.46. The molecule has 1 saturated heterocycles. The van der Waals surface area contributed by atoms with E-state index in [1.54, 1.807) is 6.92 Å². The van der Waals surface area contributed by atoms with E-state index in [1.165, 1.54) is 20.8 Å². The van der Waals surface area contributed by atoms with Crippen LogP contribution in [0.2, 0.25) is 0 Å². The number of halogens is 1. The monoisotopic (exact) mass is 406 g/mol. The van der Waals surface area contributed by atoms with Crippen molar-refractivity contribution in [1.82, 2.24) is 0 Å². The van der Waals surface area contributed by atoms with Crippen molar-refractivity contribution in [3.05, 3.63) is 0 Å². The molecular formula is C18H27FO9. The lowest BCUT2D eigenvalue weighted by atomic mass is 9.74. The normalized spacial score (nSPS) is 33.4. The molecule has 6 atom stereocenters. The Labute approximate surface area is 162 Å². The zero-order valence-corrected chi connectivity index (χ0v) is 17.1. The third-order valence-electron chi connectivity index (χ3n) is 4.81. The lowest BCUT2D eigenvalue weighted by molar-refractivity contribution is -0.358. The first kappa shape index (κ1) is 23.8. The molecule has 0 N–H and O–H groups in total. The van der Waals surface area contributed by atoms with Gasteiger partial charge in [-0.15, -0.1) is 0 Å². The molecule has 0 aromatic heterocycles. The van der Waals surface area contributed by atoms with Gasteiger partial charge >= 0.3 is 29.7 Å². The number of methoxy groups -OCH3 is 1. The molecule has 1 rings (SSSR count). The number of hydrogen-bond donors (Lipinski definition) is 0. The fraction of sp³-hybridized carbons (Fsp3) is 0.778. The zero-order valence-electron chi connectivity index (χ0n) is 17.1. The van der Waals surface area contributed by atoms with E-state index in [2.05, 4.69) is 4.74 Å². The highest BCUT2D eigenvalue weighted by molar-refractivity contribution is 5.82. The second-order valence-corrected chi connectivity index (χ2v) is 6.81. The molecule has 0 saturated carbocycles. The zero-order chi connectivity index (χ0) is 21.9. The summed E-state index contributed by atoms with van der Waals surface area (Å²) in [6.07, 6.45) is -4.67. The van der Waals surface area contributed by atoms with Crippen LogP contribution in [0, 0.1) is 5.92 Å². The summed E-state index contributed by atoms with van der Waals surface area (Å²) < 4.78 is 41.2. The standard InChI is InChI=1S/C18H27FO9/c1-8-13(25-10(3)20)17(6)9(2)14(26-11(4)21)15(19)18(28-17,16(23)24-7)27-12(5)22/h9,13-15H,8H2,1-7H3/t9-,13-,14+,15?,17+,18-/m1/s1. The fourth-order valence-corrected chi connectivity index (χ4v) is 3.42. The van der Waals surface area contributed by atoms with Crippen molar-refractivity contribution in [2.45, 2.75) is 77.7 Å². The van der Waals surface area contributed by atoms with E-state index >= 15 is 4.39 Å².